The third kappa shape index (κ3) is 5.50. The Morgan fingerprint density at radius 1 is 1.07 bits per heavy atom. The van der Waals surface area contributed by atoms with Gasteiger partial charge in [-0.15, -0.1) is 10.2 Å². The lowest BCUT2D eigenvalue weighted by Crippen LogP contribution is -2.23. The van der Waals surface area contributed by atoms with Gasteiger partial charge in [-0.25, -0.2) is 4.79 Å². The second-order valence-corrected chi connectivity index (χ2v) is 6.24. The smallest absolute Gasteiger partial charge is 0.330 e. The molecule has 0 saturated heterocycles. The molecule has 138 valence electrons. The lowest BCUT2D eigenvalue weighted by Gasteiger charge is -2.06. The minimum Gasteiger partial charge on any atom is -0.454 e. The number of carbonyl (C=O) groups is 2. The summed E-state index contributed by atoms with van der Waals surface area (Å²) < 4.78 is 4.91. The number of nitrogens with zero attached hydrogens (tertiary/aromatic N) is 4. The monoisotopic (exact) mass is 405 g/mol. The maximum absolute atomic E-state index is 11.8. The molecule has 0 bridgehead atoms. The van der Waals surface area contributed by atoms with Crippen molar-refractivity contribution in [1.82, 2.24) is 20.2 Å². The van der Waals surface area contributed by atoms with Gasteiger partial charge in [0.25, 0.3) is 5.91 Å². The van der Waals surface area contributed by atoms with Gasteiger partial charge in [-0.2, -0.15) is 4.80 Å². The lowest BCUT2D eigenvalue weighted by atomic mass is 10.2. The van der Waals surface area contributed by atoms with E-state index in [1.807, 2.05) is 0 Å². The first-order chi connectivity index (χ1) is 13.0. The highest BCUT2D eigenvalue weighted by Crippen LogP contribution is 2.17. The molecule has 1 heterocycles. The van der Waals surface area contributed by atoms with Crippen LogP contribution in [0.4, 0.5) is 5.69 Å². The number of halogens is 2. The van der Waals surface area contributed by atoms with Gasteiger partial charge in [0, 0.05) is 21.3 Å². The minimum absolute atomic E-state index is 0.273. The molecule has 27 heavy (non-hydrogen) atoms. The van der Waals surface area contributed by atoms with Crippen LogP contribution in [-0.4, -0.2) is 38.7 Å². The molecule has 0 atom stereocenters. The van der Waals surface area contributed by atoms with E-state index in [4.69, 9.17) is 27.9 Å². The molecule has 1 aromatic heterocycles. The summed E-state index contributed by atoms with van der Waals surface area (Å²) in [6, 6.07) is 13.5. The van der Waals surface area contributed by atoms with Crippen molar-refractivity contribution < 1.29 is 14.3 Å². The molecular formula is C17H13Cl2N5O3. The van der Waals surface area contributed by atoms with Gasteiger partial charge in [-0.1, -0.05) is 29.3 Å². The van der Waals surface area contributed by atoms with E-state index >= 15 is 0 Å². The van der Waals surface area contributed by atoms with E-state index in [0.29, 0.717) is 27.1 Å². The number of carbonyl (C=O) groups excluding carboxylic acids is 2. The Labute approximate surface area is 164 Å². The van der Waals surface area contributed by atoms with Crippen LogP contribution < -0.4 is 5.32 Å². The highest BCUT2D eigenvalue weighted by atomic mass is 35.5. The zero-order chi connectivity index (χ0) is 19.2. The molecule has 0 saturated carbocycles. The first-order valence-corrected chi connectivity index (χ1v) is 8.50. The molecule has 0 aliphatic heterocycles. The minimum atomic E-state index is -0.670. The third-order valence-corrected chi connectivity index (χ3v) is 3.79. The number of amides is 1. The Morgan fingerprint density at radius 2 is 1.85 bits per heavy atom. The van der Waals surface area contributed by atoms with Gasteiger partial charge in [0.05, 0.1) is 0 Å². The van der Waals surface area contributed by atoms with E-state index in [9.17, 15) is 9.59 Å². The molecule has 0 aliphatic rings. The van der Waals surface area contributed by atoms with E-state index in [1.54, 1.807) is 48.5 Å². The first-order valence-electron chi connectivity index (χ1n) is 7.74. The molecule has 3 aromatic rings. The summed E-state index contributed by atoms with van der Waals surface area (Å²) in [4.78, 5) is 24.7. The van der Waals surface area contributed by atoms with Crippen LogP contribution in [0.1, 0.15) is 0 Å². The van der Waals surface area contributed by atoms with Gasteiger partial charge in [0.2, 0.25) is 5.82 Å². The summed E-state index contributed by atoms with van der Waals surface area (Å²) >= 11 is 11.7. The second kappa shape index (κ2) is 8.61. The molecule has 0 aliphatic carbocycles. The van der Waals surface area contributed by atoms with Crippen LogP contribution in [0.2, 0.25) is 10.0 Å². The molecule has 1 N–H and O–H groups in total. The number of rotatable bonds is 6. The molecule has 0 radical (unpaired) electrons. The largest absolute Gasteiger partial charge is 0.454 e. The Balaban J connectivity index is 1.49. The van der Waals surface area contributed by atoms with Crippen molar-refractivity contribution in [2.75, 3.05) is 11.9 Å². The van der Waals surface area contributed by atoms with Crippen LogP contribution >= 0.6 is 23.2 Å². The summed E-state index contributed by atoms with van der Waals surface area (Å²) in [6.07, 6.45) is 0. The number of esters is 1. The summed E-state index contributed by atoms with van der Waals surface area (Å²) in [5.41, 5.74) is 1.22. The number of hydrogen-bond donors (Lipinski definition) is 1. The molecule has 10 heteroatoms. The van der Waals surface area contributed by atoms with E-state index in [1.165, 1.54) is 0 Å². The quantitative estimate of drug-likeness (QED) is 0.632. The maximum atomic E-state index is 11.8. The number of hydrogen-bond acceptors (Lipinski definition) is 6. The van der Waals surface area contributed by atoms with Crippen molar-refractivity contribution in [2.45, 2.75) is 6.54 Å². The second-order valence-electron chi connectivity index (χ2n) is 5.37. The molecular weight excluding hydrogens is 393 g/mol. The van der Waals surface area contributed by atoms with Crippen molar-refractivity contribution in [3.63, 3.8) is 0 Å². The number of aromatic nitrogens is 4. The third-order valence-electron chi connectivity index (χ3n) is 3.30. The zero-order valence-electron chi connectivity index (χ0n) is 13.8. The topological polar surface area (TPSA) is 99.0 Å². The molecule has 3 rings (SSSR count). The maximum Gasteiger partial charge on any atom is 0.330 e. The Kier molecular flexibility index (Phi) is 6.00. The number of anilines is 1. The molecule has 8 nitrogen and oxygen atoms in total. The Morgan fingerprint density at radius 3 is 2.59 bits per heavy atom. The van der Waals surface area contributed by atoms with E-state index in [-0.39, 0.29) is 6.54 Å². The van der Waals surface area contributed by atoms with Crippen molar-refractivity contribution in [3.8, 4) is 11.4 Å². The van der Waals surface area contributed by atoms with Crippen LogP contribution in [0.15, 0.2) is 48.5 Å². The molecule has 2 aromatic carbocycles. The fraction of sp³-hybridized carbons (Fsp3) is 0.118. The highest BCUT2D eigenvalue weighted by molar-refractivity contribution is 6.31. The molecule has 0 unspecified atom stereocenters. The molecule has 0 spiro atoms. The average molecular weight is 406 g/mol. The lowest BCUT2D eigenvalue weighted by molar-refractivity contribution is -0.148. The number of nitrogens with one attached hydrogen (secondary N) is 1. The Bertz CT molecular complexity index is 959. The van der Waals surface area contributed by atoms with Crippen molar-refractivity contribution in [3.05, 3.63) is 58.6 Å². The number of benzene rings is 2. The van der Waals surface area contributed by atoms with Crippen LogP contribution in [-0.2, 0) is 20.9 Å². The van der Waals surface area contributed by atoms with Crippen LogP contribution in [0.3, 0.4) is 0 Å². The van der Waals surface area contributed by atoms with Crippen LogP contribution in [0, 0.1) is 0 Å². The Hall–Kier alpha value is -2.97. The van der Waals surface area contributed by atoms with E-state index in [2.05, 4.69) is 20.7 Å². The fourth-order valence-corrected chi connectivity index (χ4v) is 2.41. The summed E-state index contributed by atoms with van der Waals surface area (Å²) in [5.74, 6) is -0.812. The van der Waals surface area contributed by atoms with Crippen LogP contribution in [0.5, 0.6) is 0 Å². The van der Waals surface area contributed by atoms with Gasteiger partial charge in [-0.3, -0.25) is 4.79 Å². The normalized spacial score (nSPS) is 10.4. The predicted octanol–water partition coefficient (Wildman–Crippen LogP) is 2.83. The van der Waals surface area contributed by atoms with Crippen molar-refractivity contribution in [1.29, 1.82) is 0 Å². The number of tetrazole rings is 1. The van der Waals surface area contributed by atoms with Gasteiger partial charge >= 0.3 is 5.97 Å². The average Bonchev–Trinajstić information content (AvgIpc) is 3.09. The van der Waals surface area contributed by atoms with Crippen molar-refractivity contribution in [2.24, 2.45) is 0 Å². The molecule has 1 amide bonds. The van der Waals surface area contributed by atoms with Crippen molar-refractivity contribution >= 4 is 40.8 Å². The number of ether oxygens (including phenoxy) is 1. The highest BCUT2D eigenvalue weighted by Gasteiger charge is 2.12. The van der Waals surface area contributed by atoms with Crippen LogP contribution in [0.25, 0.3) is 11.4 Å². The SMILES string of the molecule is O=C(COC(=O)Cn1nnc(-c2ccc(Cl)cc2)n1)Nc1cccc(Cl)c1. The predicted molar refractivity (Wildman–Crippen MR) is 99.3 cm³/mol. The summed E-state index contributed by atoms with van der Waals surface area (Å²) in [6.45, 7) is -0.713. The molecule has 0 fully saturated rings. The van der Waals surface area contributed by atoms with E-state index < -0.39 is 18.5 Å². The first kappa shape index (κ1) is 18.8. The summed E-state index contributed by atoms with van der Waals surface area (Å²) in [5, 5.41) is 15.4. The fourth-order valence-electron chi connectivity index (χ4n) is 2.10. The van der Waals surface area contributed by atoms with Gasteiger partial charge in [0.15, 0.2) is 13.2 Å². The van der Waals surface area contributed by atoms with Gasteiger partial charge in [-0.05, 0) is 47.7 Å². The van der Waals surface area contributed by atoms with E-state index in [0.717, 1.165) is 4.80 Å². The van der Waals surface area contributed by atoms with Gasteiger partial charge in [0.1, 0.15) is 0 Å². The standard InChI is InChI=1S/C17H13Cl2N5O3/c18-12-6-4-11(5-7-12)17-21-23-24(22-17)9-16(26)27-10-15(25)20-14-3-1-2-13(19)8-14/h1-8H,9-10H2,(H,20,25). The zero-order valence-corrected chi connectivity index (χ0v) is 15.3. The van der Waals surface area contributed by atoms with Gasteiger partial charge < -0.3 is 10.1 Å². The summed E-state index contributed by atoms with van der Waals surface area (Å²) in [7, 11) is 0.